The molecule has 37 heavy (non-hydrogen) atoms. The Hall–Kier alpha value is -3.56. The second-order valence-electron chi connectivity index (χ2n) is 9.15. The molecule has 196 valence electrons. The second kappa shape index (κ2) is 10.4. The quantitative estimate of drug-likeness (QED) is 0.365. The molecule has 1 aliphatic heterocycles. The van der Waals surface area contributed by atoms with E-state index in [0.717, 1.165) is 11.4 Å². The van der Waals surface area contributed by atoms with Crippen molar-refractivity contribution in [2.75, 3.05) is 25.0 Å². The SMILES string of the molecule is CN(Cc1cc(C(F)(F)F)cc(C(F)(F)F)c1)C(=O)C1CCN(c2ccccn2)CC1c1ccccc1. The van der Waals surface area contributed by atoms with Gasteiger partial charge in [-0.15, -0.1) is 0 Å². The summed E-state index contributed by atoms with van der Waals surface area (Å²) < 4.78 is 79.7. The number of halogens is 6. The van der Waals surface area contributed by atoms with E-state index in [1.54, 1.807) is 12.3 Å². The molecule has 1 saturated heterocycles. The molecule has 1 fully saturated rings. The van der Waals surface area contributed by atoms with Crippen molar-refractivity contribution >= 4 is 11.7 Å². The summed E-state index contributed by atoms with van der Waals surface area (Å²) in [4.78, 5) is 21.2. The highest BCUT2D eigenvalue weighted by atomic mass is 19.4. The molecular formula is C27H25F6N3O. The lowest BCUT2D eigenvalue weighted by molar-refractivity contribution is -0.143. The van der Waals surface area contributed by atoms with Crippen LogP contribution in [0.3, 0.4) is 0 Å². The number of alkyl halides is 6. The van der Waals surface area contributed by atoms with E-state index < -0.39 is 29.4 Å². The van der Waals surface area contributed by atoms with Gasteiger partial charge in [0.1, 0.15) is 5.82 Å². The van der Waals surface area contributed by atoms with Gasteiger partial charge < -0.3 is 9.80 Å². The lowest BCUT2D eigenvalue weighted by Gasteiger charge is -2.40. The third kappa shape index (κ3) is 6.23. The molecule has 0 bridgehead atoms. The van der Waals surface area contributed by atoms with E-state index in [0.29, 0.717) is 31.6 Å². The van der Waals surface area contributed by atoms with Crippen molar-refractivity contribution in [1.29, 1.82) is 0 Å². The highest BCUT2D eigenvalue weighted by Crippen LogP contribution is 2.38. The molecule has 2 aromatic carbocycles. The van der Waals surface area contributed by atoms with E-state index in [1.165, 1.54) is 11.9 Å². The Balaban J connectivity index is 1.59. The summed E-state index contributed by atoms with van der Waals surface area (Å²) in [5, 5.41) is 0. The highest BCUT2D eigenvalue weighted by Gasteiger charge is 2.39. The lowest BCUT2D eigenvalue weighted by atomic mass is 9.79. The van der Waals surface area contributed by atoms with Crippen LogP contribution in [0, 0.1) is 5.92 Å². The minimum atomic E-state index is -4.95. The third-order valence-corrected chi connectivity index (χ3v) is 6.57. The molecule has 2 atom stereocenters. The lowest BCUT2D eigenvalue weighted by Crippen LogP contribution is -2.46. The fourth-order valence-electron chi connectivity index (χ4n) is 4.78. The number of amides is 1. The number of nitrogens with zero attached hydrogens (tertiary/aromatic N) is 3. The van der Waals surface area contributed by atoms with Gasteiger partial charge in [0.25, 0.3) is 0 Å². The van der Waals surface area contributed by atoms with Gasteiger partial charge in [-0.05, 0) is 47.9 Å². The van der Waals surface area contributed by atoms with Crippen molar-refractivity contribution in [2.24, 2.45) is 5.92 Å². The predicted octanol–water partition coefficient (Wildman–Crippen LogP) is 6.39. The van der Waals surface area contributed by atoms with Gasteiger partial charge in [-0.3, -0.25) is 4.79 Å². The van der Waals surface area contributed by atoms with E-state index in [9.17, 15) is 31.1 Å². The van der Waals surface area contributed by atoms with Gasteiger partial charge in [-0.1, -0.05) is 36.4 Å². The number of anilines is 1. The summed E-state index contributed by atoms with van der Waals surface area (Å²) in [6.07, 6.45) is -7.76. The highest BCUT2D eigenvalue weighted by molar-refractivity contribution is 5.80. The fourth-order valence-corrected chi connectivity index (χ4v) is 4.78. The van der Waals surface area contributed by atoms with E-state index in [2.05, 4.69) is 9.88 Å². The average Bonchev–Trinajstić information content (AvgIpc) is 2.87. The molecule has 0 aliphatic carbocycles. The number of hydrogen-bond donors (Lipinski definition) is 0. The summed E-state index contributed by atoms with van der Waals surface area (Å²) >= 11 is 0. The van der Waals surface area contributed by atoms with Gasteiger partial charge in [0.15, 0.2) is 0 Å². The molecule has 0 saturated carbocycles. The van der Waals surface area contributed by atoms with E-state index in [-0.39, 0.29) is 30.0 Å². The first kappa shape index (κ1) is 26.5. The number of piperidine rings is 1. The molecule has 1 aromatic heterocycles. The number of carbonyl (C=O) groups is 1. The average molecular weight is 522 g/mol. The minimum absolute atomic E-state index is 0.0874. The van der Waals surface area contributed by atoms with Crippen LogP contribution in [0.25, 0.3) is 0 Å². The number of rotatable bonds is 5. The number of hydrogen-bond acceptors (Lipinski definition) is 3. The summed E-state index contributed by atoms with van der Waals surface area (Å²) in [7, 11) is 1.41. The Bertz CT molecular complexity index is 1180. The molecule has 0 N–H and O–H groups in total. The first-order valence-electron chi connectivity index (χ1n) is 11.7. The predicted molar refractivity (Wildman–Crippen MR) is 127 cm³/mol. The van der Waals surface area contributed by atoms with Crippen LogP contribution in [0.1, 0.15) is 34.6 Å². The summed E-state index contributed by atoms with van der Waals surface area (Å²) in [6, 6.07) is 16.4. The van der Waals surface area contributed by atoms with Crippen molar-refractivity contribution in [2.45, 2.75) is 31.2 Å². The maximum absolute atomic E-state index is 13.5. The second-order valence-corrected chi connectivity index (χ2v) is 9.15. The Morgan fingerprint density at radius 2 is 1.57 bits per heavy atom. The van der Waals surface area contributed by atoms with Crippen LogP contribution in [-0.4, -0.2) is 35.9 Å². The van der Waals surface area contributed by atoms with Crippen LogP contribution in [0.2, 0.25) is 0 Å². The normalized spacial score (nSPS) is 18.5. The number of benzene rings is 2. The smallest absolute Gasteiger partial charge is 0.356 e. The van der Waals surface area contributed by atoms with Crippen LogP contribution in [0.4, 0.5) is 32.2 Å². The van der Waals surface area contributed by atoms with Crippen molar-refractivity contribution in [1.82, 2.24) is 9.88 Å². The molecule has 1 aliphatic rings. The summed E-state index contributed by atoms with van der Waals surface area (Å²) in [6.45, 7) is 0.646. The number of pyridine rings is 1. The third-order valence-electron chi connectivity index (χ3n) is 6.57. The zero-order valence-electron chi connectivity index (χ0n) is 19.9. The largest absolute Gasteiger partial charge is 0.416 e. The topological polar surface area (TPSA) is 36.4 Å². The Morgan fingerprint density at radius 1 is 0.946 bits per heavy atom. The molecular weight excluding hydrogens is 496 g/mol. The van der Waals surface area contributed by atoms with Crippen LogP contribution < -0.4 is 4.90 Å². The first-order valence-corrected chi connectivity index (χ1v) is 11.7. The maximum Gasteiger partial charge on any atom is 0.416 e. The molecule has 0 radical (unpaired) electrons. The molecule has 1 amide bonds. The maximum atomic E-state index is 13.5. The molecule has 4 rings (SSSR count). The van der Waals surface area contributed by atoms with Gasteiger partial charge in [0.2, 0.25) is 5.91 Å². The van der Waals surface area contributed by atoms with E-state index >= 15 is 0 Å². The van der Waals surface area contributed by atoms with E-state index in [4.69, 9.17) is 0 Å². The van der Waals surface area contributed by atoms with Gasteiger partial charge in [0, 0.05) is 44.7 Å². The molecule has 3 aromatic rings. The Morgan fingerprint density at radius 3 is 2.14 bits per heavy atom. The molecule has 10 heteroatoms. The molecule has 2 heterocycles. The van der Waals surface area contributed by atoms with Crippen LogP contribution in [-0.2, 0) is 23.7 Å². The summed E-state index contributed by atoms with van der Waals surface area (Å²) in [5.41, 5.74) is -2.11. The van der Waals surface area contributed by atoms with Crippen molar-refractivity contribution in [3.05, 3.63) is 95.2 Å². The van der Waals surface area contributed by atoms with Crippen LogP contribution >= 0.6 is 0 Å². The zero-order chi connectivity index (χ0) is 26.8. The van der Waals surface area contributed by atoms with Crippen molar-refractivity contribution in [3.63, 3.8) is 0 Å². The number of aromatic nitrogens is 1. The Labute approximate surface area is 210 Å². The van der Waals surface area contributed by atoms with Gasteiger partial charge in [0.05, 0.1) is 11.1 Å². The molecule has 4 nitrogen and oxygen atoms in total. The first-order chi connectivity index (χ1) is 17.4. The number of carbonyl (C=O) groups excluding carboxylic acids is 1. The zero-order valence-corrected chi connectivity index (χ0v) is 19.9. The summed E-state index contributed by atoms with van der Waals surface area (Å²) in [5.74, 6) is -0.300. The van der Waals surface area contributed by atoms with Crippen LogP contribution in [0.15, 0.2) is 72.9 Å². The fraction of sp³-hybridized carbons (Fsp3) is 0.333. The van der Waals surface area contributed by atoms with Gasteiger partial charge in [-0.25, -0.2) is 4.98 Å². The van der Waals surface area contributed by atoms with Crippen molar-refractivity contribution < 1.29 is 31.1 Å². The molecule has 2 unspecified atom stereocenters. The van der Waals surface area contributed by atoms with Crippen LogP contribution in [0.5, 0.6) is 0 Å². The van der Waals surface area contributed by atoms with Gasteiger partial charge in [-0.2, -0.15) is 26.3 Å². The van der Waals surface area contributed by atoms with Gasteiger partial charge >= 0.3 is 12.4 Å². The minimum Gasteiger partial charge on any atom is -0.356 e. The van der Waals surface area contributed by atoms with Crippen molar-refractivity contribution in [3.8, 4) is 0 Å². The Kier molecular flexibility index (Phi) is 7.47. The standard InChI is InChI=1S/C27H25F6N3O/c1-35(16-18-13-20(26(28,29)30)15-21(14-18)27(31,32)33)25(37)22-10-12-36(24-9-5-6-11-34-24)17-23(22)19-7-3-2-4-8-19/h2-9,11,13-15,22-23H,10,12,16-17H2,1H3. The monoisotopic (exact) mass is 521 g/mol. The van der Waals surface area contributed by atoms with E-state index in [1.807, 2.05) is 42.5 Å². The molecule has 0 spiro atoms.